The Morgan fingerprint density at radius 2 is 0.792 bits per heavy atom. The fourth-order valence-corrected chi connectivity index (χ4v) is 3.09. The number of rotatable bonds is 2. The van der Waals surface area contributed by atoms with Gasteiger partial charge in [0.25, 0.3) is 0 Å². The van der Waals surface area contributed by atoms with Crippen molar-refractivity contribution in [3.8, 4) is 0 Å². The lowest BCUT2D eigenvalue weighted by Gasteiger charge is -2.20. The van der Waals surface area contributed by atoms with Gasteiger partial charge in [-0.1, -0.05) is 90.1 Å². The second-order valence-corrected chi connectivity index (χ2v) is 9.25. The number of hydrogen-bond donors (Lipinski definition) is 2. The lowest BCUT2D eigenvalue weighted by Crippen LogP contribution is -2.10. The van der Waals surface area contributed by atoms with Gasteiger partial charge in [0, 0.05) is 9.81 Å². The fourth-order valence-electron chi connectivity index (χ4n) is 2.53. The lowest BCUT2D eigenvalue weighted by molar-refractivity contribution is 0.590. The first-order valence-electron chi connectivity index (χ1n) is 8.34. The molecule has 0 saturated heterocycles. The molecule has 128 valence electrons. The molecule has 2 heteroatoms. The quantitative estimate of drug-likeness (QED) is 0.421. The summed E-state index contributed by atoms with van der Waals surface area (Å²) in [6.07, 6.45) is 0. The van der Waals surface area contributed by atoms with E-state index in [1.165, 1.54) is 11.1 Å². The highest BCUT2D eigenvalue weighted by atomic mass is 32.1. The van der Waals surface area contributed by atoms with Crippen molar-refractivity contribution in [2.75, 3.05) is 0 Å². The third-order valence-electron chi connectivity index (χ3n) is 4.27. The van der Waals surface area contributed by atoms with Crippen molar-refractivity contribution in [2.45, 2.75) is 52.4 Å². The van der Waals surface area contributed by atoms with Crippen molar-refractivity contribution in [1.29, 1.82) is 0 Å². The summed E-state index contributed by atoms with van der Waals surface area (Å²) in [5.41, 5.74) is 5.15. The molecule has 2 aromatic carbocycles. The van der Waals surface area contributed by atoms with Gasteiger partial charge < -0.3 is 0 Å². The third kappa shape index (κ3) is 4.49. The van der Waals surface area contributed by atoms with Crippen LogP contribution in [0.2, 0.25) is 0 Å². The molecule has 0 aromatic heterocycles. The van der Waals surface area contributed by atoms with Gasteiger partial charge in [-0.05, 0) is 33.1 Å². The minimum atomic E-state index is 0.158. The van der Waals surface area contributed by atoms with Gasteiger partial charge in [0.1, 0.15) is 0 Å². The van der Waals surface area contributed by atoms with Gasteiger partial charge in [-0.3, -0.25) is 0 Å². The van der Waals surface area contributed by atoms with Gasteiger partial charge in [-0.25, -0.2) is 0 Å². The zero-order chi connectivity index (χ0) is 18.1. The van der Waals surface area contributed by atoms with Crippen LogP contribution in [0.4, 0.5) is 0 Å². The molecule has 0 aliphatic rings. The second kappa shape index (κ2) is 7.01. The summed E-state index contributed by atoms with van der Waals surface area (Å²) < 4.78 is 0. The average Bonchev–Trinajstić information content (AvgIpc) is 2.52. The van der Waals surface area contributed by atoms with Crippen LogP contribution in [-0.2, 0) is 10.8 Å². The Morgan fingerprint density at radius 3 is 1.00 bits per heavy atom. The van der Waals surface area contributed by atoms with Crippen molar-refractivity contribution in [3.63, 3.8) is 0 Å². The summed E-state index contributed by atoms with van der Waals surface area (Å²) in [4.78, 5) is 1.81. The Balaban J connectivity index is 2.33. The Bertz CT molecular complexity index is 656. The van der Waals surface area contributed by atoms with Crippen molar-refractivity contribution in [1.82, 2.24) is 0 Å². The van der Waals surface area contributed by atoms with E-state index < -0.39 is 0 Å². The molecule has 0 spiro atoms. The fraction of sp³-hybridized carbons (Fsp3) is 0.364. The molecule has 0 bridgehead atoms. The van der Waals surface area contributed by atoms with E-state index in [-0.39, 0.29) is 10.8 Å². The van der Waals surface area contributed by atoms with E-state index in [2.05, 4.69) is 90.1 Å². The maximum Gasteiger partial charge on any atom is 0.0253 e. The Morgan fingerprint density at radius 1 is 0.542 bits per heavy atom. The van der Waals surface area contributed by atoms with E-state index in [1.807, 2.05) is 0 Å². The lowest BCUT2D eigenvalue weighted by atomic mass is 9.86. The SMILES string of the molecule is CC(C)(C)c1ccc(/C(S)=C(/S)c2ccc(C(C)(C)C)cc2)cc1. The maximum absolute atomic E-state index is 4.72. The van der Waals surface area contributed by atoms with Crippen molar-refractivity contribution in [3.05, 3.63) is 70.8 Å². The molecule has 0 N–H and O–H groups in total. The van der Waals surface area contributed by atoms with Crippen LogP contribution in [0.3, 0.4) is 0 Å². The van der Waals surface area contributed by atoms with E-state index in [4.69, 9.17) is 25.3 Å². The van der Waals surface area contributed by atoms with Crippen molar-refractivity contribution >= 4 is 35.1 Å². The van der Waals surface area contributed by atoms with Gasteiger partial charge in [0.15, 0.2) is 0 Å². The molecule has 0 unspecified atom stereocenters. The van der Waals surface area contributed by atoms with Gasteiger partial charge >= 0.3 is 0 Å². The van der Waals surface area contributed by atoms with E-state index in [9.17, 15) is 0 Å². The van der Waals surface area contributed by atoms with E-state index >= 15 is 0 Å². The Kier molecular flexibility index (Phi) is 5.61. The molecule has 0 amide bonds. The summed E-state index contributed by atoms with van der Waals surface area (Å²) in [6.45, 7) is 13.3. The predicted octanol–water partition coefficient (Wildman–Crippen LogP) is 6.97. The minimum Gasteiger partial charge on any atom is -0.142 e. The molecule has 0 aliphatic heterocycles. The number of thiol groups is 2. The third-order valence-corrected chi connectivity index (χ3v) is 5.41. The summed E-state index contributed by atoms with van der Waals surface area (Å²) in [5.74, 6) is 0. The van der Waals surface area contributed by atoms with Crippen LogP contribution in [0.5, 0.6) is 0 Å². The van der Waals surface area contributed by atoms with Gasteiger partial charge in [-0.2, -0.15) is 0 Å². The predicted molar refractivity (Wildman–Crippen MR) is 115 cm³/mol. The summed E-state index contributed by atoms with van der Waals surface area (Å²) in [5, 5.41) is 0. The van der Waals surface area contributed by atoms with Gasteiger partial charge in [-0.15, -0.1) is 25.3 Å². The first kappa shape index (κ1) is 19.2. The molecule has 0 nitrogen and oxygen atoms in total. The second-order valence-electron chi connectivity index (χ2n) is 8.35. The molecular formula is C22H28S2. The van der Waals surface area contributed by atoms with Gasteiger partial charge in [0.05, 0.1) is 0 Å². The highest BCUT2D eigenvalue weighted by Crippen LogP contribution is 2.34. The van der Waals surface area contributed by atoms with E-state index in [0.717, 1.165) is 20.9 Å². The van der Waals surface area contributed by atoms with Crippen molar-refractivity contribution in [2.24, 2.45) is 0 Å². The Hall–Kier alpha value is -1.12. The normalized spacial score (nSPS) is 13.7. The smallest absolute Gasteiger partial charge is 0.0253 e. The molecule has 0 saturated carbocycles. The molecular weight excluding hydrogens is 328 g/mol. The summed E-state index contributed by atoms with van der Waals surface area (Å²) >= 11 is 9.44. The standard InChI is InChI=1S/C22H28S2/c1-21(2,3)17-11-7-15(8-12-17)19(23)20(24)16-9-13-18(14-10-16)22(4,5)6/h7-14,23-24H,1-6H3/b20-19-. The first-order valence-corrected chi connectivity index (χ1v) is 9.23. The van der Waals surface area contributed by atoms with Crippen LogP contribution in [-0.4, -0.2) is 0 Å². The highest BCUT2D eigenvalue weighted by Gasteiger charge is 2.15. The molecule has 2 aromatic rings. The molecule has 0 fully saturated rings. The zero-order valence-corrected chi connectivity index (χ0v) is 17.3. The van der Waals surface area contributed by atoms with Crippen LogP contribution in [0.25, 0.3) is 9.81 Å². The van der Waals surface area contributed by atoms with Crippen molar-refractivity contribution < 1.29 is 0 Å². The molecule has 0 radical (unpaired) electrons. The van der Waals surface area contributed by atoms with Crippen LogP contribution in [0.15, 0.2) is 48.5 Å². The van der Waals surface area contributed by atoms with Crippen LogP contribution in [0, 0.1) is 0 Å². The van der Waals surface area contributed by atoms with Crippen LogP contribution in [0.1, 0.15) is 63.8 Å². The molecule has 0 heterocycles. The first-order chi connectivity index (χ1) is 11.0. The number of hydrogen-bond acceptors (Lipinski definition) is 2. The summed E-state index contributed by atoms with van der Waals surface area (Å²) in [7, 11) is 0. The monoisotopic (exact) mass is 356 g/mol. The Labute approximate surface area is 158 Å². The molecule has 0 aliphatic carbocycles. The summed E-state index contributed by atoms with van der Waals surface area (Å²) in [6, 6.07) is 17.2. The van der Waals surface area contributed by atoms with E-state index in [1.54, 1.807) is 0 Å². The largest absolute Gasteiger partial charge is 0.142 e. The zero-order valence-electron chi connectivity index (χ0n) is 15.5. The molecule has 0 atom stereocenters. The highest BCUT2D eigenvalue weighted by molar-refractivity contribution is 7.96. The van der Waals surface area contributed by atoms with Crippen LogP contribution >= 0.6 is 25.3 Å². The topological polar surface area (TPSA) is 0 Å². The average molecular weight is 357 g/mol. The minimum absolute atomic E-state index is 0.158. The van der Waals surface area contributed by atoms with E-state index in [0.29, 0.717) is 0 Å². The van der Waals surface area contributed by atoms with Gasteiger partial charge in [0.2, 0.25) is 0 Å². The molecule has 2 rings (SSSR count). The number of benzene rings is 2. The maximum atomic E-state index is 4.72. The molecule has 24 heavy (non-hydrogen) atoms. The van der Waals surface area contributed by atoms with Crippen LogP contribution < -0.4 is 0 Å².